The summed E-state index contributed by atoms with van der Waals surface area (Å²) in [7, 11) is 2.10. The van der Waals surface area contributed by atoms with Crippen molar-refractivity contribution < 1.29 is 13.2 Å². The van der Waals surface area contributed by atoms with Gasteiger partial charge in [-0.05, 0) is 57.1 Å². The highest BCUT2D eigenvalue weighted by atomic mass is 19.4. The van der Waals surface area contributed by atoms with Crippen LogP contribution in [0, 0.1) is 28.6 Å². The van der Waals surface area contributed by atoms with E-state index in [2.05, 4.69) is 29.7 Å². The van der Waals surface area contributed by atoms with Gasteiger partial charge >= 0.3 is 11.9 Å². The van der Waals surface area contributed by atoms with Crippen LogP contribution < -0.4 is 16.5 Å². The van der Waals surface area contributed by atoms with Crippen molar-refractivity contribution in [2.24, 2.45) is 17.3 Å². The average molecular weight is 463 g/mol. The smallest absolute Gasteiger partial charge is 0.295 e. The quantitative estimate of drug-likeness (QED) is 0.731. The van der Waals surface area contributed by atoms with Crippen LogP contribution >= 0.6 is 0 Å². The van der Waals surface area contributed by atoms with Crippen molar-refractivity contribution in [3.63, 3.8) is 0 Å². The highest BCUT2D eigenvalue weighted by molar-refractivity contribution is 5.57. The molecule has 0 bridgehead atoms. The van der Waals surface area contributed by atoms with E-state index in [0.717, 1.165) is 55.7 Å². The van der Waals surface area contributed by atoms with Crippen molar-refractivity contribution in [3.8, 4) is 6.07 Å². The molecule has 1 aliphatic heterocycles. The van der Waals surface area contributed by atoms with Crippen LogP contribution in [0.5, 0.6) is 0 Å². The zero-order valence-electron chi connectivity index (χ0n) is 18.8. The Kier molecular flexibility index (Phi) is 5.34. The Labute approximate surface area is 190 Å². The second kappa shape index (κ2) is 7.86. The van der Waals surface area contributed by atoms with Gasteiger partial charge in [0.1, 0.15) is 6.07 Å². The third-order valence-corrected chi connectivity index (χ3v) is 8.09. The lowest BCUT2D eigenvalue weighted by Gasteiger charge is -2.57. The van der Waals surface area contributed by atoms with Gasteiger partial charge in [0, 0.05) is 23.9 Å². The van der Waals surface area contributed by atoms with Crippen LogP contribution in [0.15, 0.2) is 23.3 Å². The normalized spacial score (nSPS) is 33.2. The lowest BCUT2D eigenvalue weighted by Crippen LogP contribution is -2.60. The van der Waals surface area contributed by atoms with E-state index >= 15 is 0 Å². The molecule has 2 aromatic rings. The Morgan fingerprint density at radius 2 is 2.00 bits per heavy atom. The van der Waals surface area contributed by atoms with E-state index in [0.29, 0.717) is 11.8 Å². The number of hydrazine groups is 1. The molecule has 0 amide bonds. The van der Waals surface area contributed by atoms with E-state index in [1.807, 2.05) is 0 Å². The zero-order valence-corrected chi connectivity index (χ0v) is 18.8. The van der Waals surface area contributed by atoms with Crippen molar-refractivity contribution in [1.29, 1.82) is 5.26 Å². The van der Waals surface area contributed by atoms with Gasteiger partial charge in [0.25, 0.3) is 0 Å². The van der Waals surface area contributed by atoms with Gasteiger partial charge in [-0.15, -0.1) is 0 Å². The van der Waals surface area contributed by atoms with Crippen LogP contribution in [-0.2, 0) is 6.18 Å². The van der Waals surface area contributed by atoms with Gasteiger partial charge in [0.15, 0.2) is 0 Å². The van der Waals surface area contributed by atoms with Gasteiger partial charge in [-0.1, -0.05) is 13.3 Å². The number of nitrogens with one attached hydrogen (secondary N) is 2. The van der Waals surface area contributed by atoms with Crippen LogP contribution in [0.1, 0.15) is 62.6 Å². The van der Waals surface area contributed by atoms with Gasteiger partial charge in [-0.25, -0.2) is 15.6 Å². The van der Waals surface area contributed by atoms with Crippen LogP contribution in [-0.4, -0.2) is 33.7 Å². The van der Waals surface area contributed by atoms with Crippen LogP contribution in [0.25, 0.3) is 5.52 Å². The summed E-state index contributed by atoms with van der Waals surface area (Å²) < 4.78 is 43.5. The summed E-state index contributed by atoms with van der Waals surface area (Å²) in [4.78, 5) is 15.5. The first-order chi connectivity index (χ1) is 15.6. The largest absolute Gasteiger partial charge is 0.418 e. The summed E-state index contributed by atoms with van der Waals surface area (Å²) in [6.45, 7) is 3.03. The molecule has 33 heavy (non-hydrogen) atoms. The second-order valence-corrected chi connectivity index (χ2v) is 10.2. The number of hydrogen-bond acceptors (Lipinski definition) is 5. The Morgan fingerprint density at radius 1 is 1.24 bits per heavy atom. The fourth-order valence-corrected chi connectivity index (χ4v) is 6.76. The molecular formula is C23H29F3N6O. The molecule has 178 valence electrons. The van der Waals surface area contributed by atoms with Gasteiger partial charge in [0.05, 0.1) is 29.5 Å². The molecule has 3 heterocycles. The Bertz CT molecular complexity index is 1160. The summed E-state index contributed by atoms with van der Waals surface area (Å²) in [5.41, 5.74) is 4.94. The van der Waals surface area contributed by atoms with E-state index in [9.17, 15) is 23.2 Å². The first-order valence-electron chi connectivity index (χ1n) is 11.6. The molecule has 1 saturated heterocycles. The fourth-order valence-electron chi connectivity index (χ4n) is 6.76. The predicted octanol–water partition coefficient (Wildman–Crippen LogP) is 3.46. The van der Waals surface area contributed by atoms with E-state index in [4.69, 9.17) is 0 Å². The summed E-state index contributed by atoms with van der Waals surface area (Å²) in [6.07, 6.45) is 3.84. The van der Waals surface area contributed by atoms with Gasteiger partial charge in [-0.3, -0.25) is 13.9 Å². The first-order valence-corrected chi connectivity index (χ1v) is 11.6. The number of nitrogens with zero attached hydrogens (tertiary/aromatic N) is 4. The summed E-state index contributed by atoms with van der Waals surface area (Å²) in [5, 5.41) is 9.18. The number of aromatic nitrogens is 2. The van der Waals surface area contributed by atoms with Gasteiger partial charge < -0.3 is 0 Å². The number of fused-ring (bicyclic) bond motifs is 1. The molecule has 3 fully saturated rings. The van der Waals surface area contributed by atoms with Gasteiger partial charge in [-0.2, -0.15) is 18.4 Å². The molecule has 7 nitrogen and oxygen atoms in total. The number of imidazole rings is 1. The molecule has 3 atom stereocenters. The van der Waals surface area contributed by atoms with Crippen molar-refractivity contribution in [2.75, 3.05) is 13.7 Å². The Morgan fingerprint density at radius 3 is 2.61 bits per heavy atom. The topological polar surface area (TPSA) is 77.5 Å². The van der Waals surface area contributed by atoms with E-state index in [-0.39, 0.29) is 28.7 Å². The highest BCUT2D eigenvalue weighted by Crippen LogP contribution is 2.58. The molecule has 0 radical (unpaired) electrons. The number of rotatable bonds is 3. The molecule has 0 aromatic carbocycles. The zero-order chi connectivity index (χ0) is 23.5. The minimum absolute atomic E-state index is 0.0875. The van der Waals surface area contributed by atoms with Crippen LogP contribution in [0.4, 0.5) is 13.2 Å². The number of hydrogen-bond donors (Lipinski definition) is 2. The fraction of sp³-hybridized carbons (Fsp3) is 0.652. The number of halogens is 3. The summed E-state index contributed by atoms with van der Waals surface area (Å²) in [5.74, 6) is 1.01. The SMILES string of the molecule is CC1CC(C2CCCC(n3cc4c(C(F)(F)F)cc(C#N)cn4c3=O)C2)(C2NNCN2C)C1. The molecule has 2 saturated carbocycles. The third-order valence-electron chi connectivity index (χ3n) is 8.09. The van der Waals surface area contributed by atoms with Crippen LogP contribution in [0.3, 0.4) is 0 Å². The molecular weight excluding hydrogens is 433 g/mol. The molecule has 2 aliphatic carbocycles. The molecule has 5 rings (SSSR count). The maximum atomic E-state index is 13.7. The summed E-state index contributed by atoms with van der Waals surface area (Å²) in [6, 6.07) is 2.41. The number of pyridine rings is 1. The molecule has 3 aliphatic rings. The van der Waals surface area contributed by atoms with E-state index in [1.165, 1.54) is 17.0 Å². The Hall–Kier alpha value is -2.35. The standard InChI is InChI=1S/C23H29F3N6O/c1-14-8-22(9-14,20-29-28-13-30(20)2)16-4-3-5-17(7-16)31-12-19-18(23(24,25)26)6-15(10-27)11-32(19)21(31)33/h6,11-12,14,16-17,20,28-29H,3-5,7-9,13H2,1-2H3. The summed E-state index contributed by atoms with van der Waals surface area (Å²) >= 11 is 0. The van der Waals surface area contributed by atoms with Crippen molar-refractivity contribution in [3.05, 3.63) is 40.1 Å². The molecule has 3 unspecified atom stereocenters. The maximum absolute atomic E-state index is 13.7. The Balaban J connectivity index is 1.51. The monoisotopic (exact) mass is 462 g/mol. The number of alkyl halides is 3. The minimum Gasteiger partial charge on any atom is -0.295 e. The molecule has 10 heteroatoms. The second-order valence-electron chi connectivity index (χ2n) is 10.2. The van der Waals surface area contributed by atoms with E-state index < -0.39 is 17.4 Å². The van der Waals surface area contributed by atoms with Crippen molar-refractivity contribution in [1.82, 2.24) is 24.7 Å². The third kappa shape index (κ3) is 3.57. The van der Waals surface area contributed by atoms with Crippen molar-refractivity contribution in [2.45, 2.75) is 63.8 Å². The molecule has 2 N–H and O–H groups in total. The average Bonchev–Trinajstić information content (AvgIpc) is 3.33. The predicted molar refractivity (Wildman–Crippen MR) is 116 cm³/mol. The molecule has 2 aromatic heterocycles. The van der Waals surface area contributed by atoms with Crippen LogP contribution in [0.2, 0.25) is 0 Å². The molecule has 0 spiro atoms. The lowest BCUT2D eigenvalue weighted by atomic mass is 9.51. The minimum atomic E-state index is -4.65. The highest BCUT2D eigenvalue weighted by Gasteiger charge is 2.55. The van der Waals surface area contributed by atoms with Gasteiger partial charge in [0.2, 0.25) is 0 Å². The maximum Gasteiger partial charge on any atom is 0.418 e. The number of nitriles is 1. The first kappa shape index (κ1) is 22.4. The van der Waals surface area contributed by atoms with E-state index in [1.54, 1.807) is 6.07 Å². The van der Waals surface area contributed by atoms with Crippen molar-refractivity contribution >= 4 is 5.52 Å². The lowest BCUT2D eigenvalue weighted by molar-refractivity contribution is -0.136.